The highest BCUT2D eigenvalue weighted by atomic mass is 32.1. The molecule has 0 saturated carbocycles. The largest absolute Gasteiger partial charge is 0.378 e. The molecule has 0 atom stereocenters. The zero-order chi connectivity index (χ0) is 20.5. The van der Waals surface area contributed by atoms with Gasteiger partial charge in [0.15, 0.2) is 10.9 Å². The van der Waals surface area contributed by atoms with Crippen molar-refractivity contribution in [2.45, 2.75) is 0 Å². The molecule has 0 bridgehead atoms. The molecule has 4 rings (SSSR count). The van der Waals surface area contributed by atoms with Crippen molar-refractivity contribution in [2.75, 3.05) is 36.5 Å². The first-order valence-corrected chi connectivity index (χ1v) is 9.42. The summed E-state index contributed by atoms with van der Waals surface area (Å²) in [6.07, 6.45) is 0. The van der Waals surface area contributed by atoms with E-state index >= 15 is 0 Å². The summed E-state index contributed by atoms with van der Waals surface area (Å²) >= 11 is 0.906. The number of nitrogens with one attached hydrogen (secondary N) is 1. The molecule has 2 aromatic carbocycles. The number of halogens is 2. The van der Waals surface area contributed by atoms with Crippen LogP contribution in [0.4, 0.5) is 25.3 Å². The maximum absolute atomic E-state index is 13.8. The van der Waals surface area contributed by atoms with Crippen molar-refractivity contribution in [3.05, 3.63) is 57.6 Å². The smallest absolute Gasteiger partial charge is 0.293 e. The molecule has 1 amide bonds. The van der Waals surface area contributed by atoms with Crippen LogP contribution in [0.25, 0.3) is 10.2 Å². The van der Waals surface area contributed by atoms with Crippen LogP contribution in [0.3, 0.4) is 0 Å². The van der Waals surface area contributed by atoms with Crippen LogP contribution in [-0.2, 0) is 4.74 Å². The fraction of sp³-hybridized carbons (Fsp3) is 0.222. The lowest BCUT2D eigenvalue weighted by Crippen LogP contribution is -2.36. The molecule has 1 aliphatic rings. The van der Waals surface area contributed by atoms with Crippen LogP contribution in [-0.4, -0.2) is 42.1 Å². The fourth-order valence-electron chi connectivity index (χ4n) is 3.06. The third-order valence-corrected chi connectivity index (χ3v) is 5.34. The Morgan fingerprint density at radius 2 is 2.00 bits per heavy atom. The highest BCUT2D eigenvalue weighted by Gasteiger charge is 2.24. The first-order chi connectivity index (χ1) is 13.9. The molecule has 11 heteroatoms. The summed E-state index contributed by atoms with van der Waals surface area (Å²) in [5.41, 5.74) is 0.212. The summed E-state index contributed by atoms with van der Waals surface area (Å²) in [4.78, 5) is 29.3. The maximum atomic E-state index is 13.8. The van der Waals surface area contributed by atoms with Crippen molar-refractivity contribution in [3.63, 3.8) is 0 Å². The van der Waals surface area contributed by atoms with Crippen LogP contribution in [0.2, 0.25) is 0 Å². The van der Waals surface area contributed by atoms with Crippen LogP contribution in [0, 0.1) is 21.7 Å². The summed E-state index contributed by atoms with van der Waals surface area (Å²) < 4.78 is 32.6. The number of fused-ring (bicyclic) bond motifs is 1. The lowest BCUT2D eigenvalue weighted by atomic mass is 10.1. The molecule has 0 spiro atoms. The van der Waals surface area contributed by atoms with Gasteiger partial charge in [-0.3, -0.25) is 20.2 Å². The van der Waals surface area contributed by atoms with Gasteiger partial charge in [-0.05, 0) is 18.2 Å². The Morgan fingerprint density at radius 1 is 1.24 bits per heavy atom. The minimum absolute atomic E-state index is 0.0552. The molecule has 0 aliphatic carbocycles. The van der Waals surface area contributed by atoms with Gasteiger partial charge in [0.1, 0.15) is 17.0 Å². The number of rotatable bonds is 4. The van der Waals surface area contributed by atoms with E-state index < -0.39 is 22.5 Å². The van der Waals surface area contributed by atoms with E-state index in [9.17, 15) is 23.7 Å². The average molecular weight is 420 g/mol. The van der Waals surface area contributed by atoms with Gasteiger partial charge in [0.2, 0.25) is 0 Å². The van der Waals surface area contributed by atoms with Crippen LogP contribution >= 0.6 is 11.3 Å². The van der Waals surface area contributed by atoms with Gasteiger partial charge in [-0.1, -0.05) is 11.3 Å². The van der Waals surface area contributed by atoms with Crippen molar-refractivity contribution in [2.24, 2.45) is 0 Å². The number of nitrogens with zero attached hydrogens (tertiary/aromatic N) is 3. The van der Waals surface area contributed by atoms with Crippen molar-refractivity contribution >= 4 is 44.0 Å². The Balaban J connectivity index is 1.61. The van der Waals surface area contributed by atoms with Crippen molar-refractivity contribution in [1.29, 1.82) is 0 Å². The van der Waals surface area contributed by atoms with E-state index in [0.29, 0.717) is 38.1 Å². The summed E-state index contributed by atoms with van der Waals surface area (Å²) in [7, 11) is 0. The van der Waals surface area contributed by atoms with Gasteiger partial charge in [0.25, 0.3) is 11.6 Å². The van der Waals surface area contributed by atoms with Crippen molar-refractivity contribution in [3.8, 4) is 0 Å². The number of nitro benzene ring substituents is 1. The van der Waals surface area contributed by atoms with Gasteiger partial charge in [0.05, 0.1) is 22.8 Å². The van der Waals surface area contributed by atoms with Crippen LogP contribution in [0.5, 0.6) is 0 Å². The fourth-order valence-corrected chi connectivity index (χ4v) is 3.96. The molecule has 29 heavy (non-hydrogen) atoms. The number of anilines is 2. The summed E-state index contributed by atoms with van der Waals surface area (Å²) in [5, 5.41) is 14.1. The van der Waals surface area contributed by atoms with Gasteiger partial charge in [-0.15, -0.1) is 0 Å². The second-order valence-electron chi connectivity index (χ2n) is 6.27. The van der Waals surface area contributed by atoms with E-state index in [0.717, 1.165) is 17.4 Å². The highest BCUT2D eigenvalue weighted by Crippen LogP contribution is 2.32. The normalized spacial score (nSPS) is 14.2. The molecule has 3 aromatic rings. The van der Waals surface area contributed by atoms with Crippen molar-refractivity contribution in [1.82, 2.24) is 4.98 Å². The number of carbonyl (C=O) groups excluding carboxylic acids is 1. The zero-order valence-corrected chi connectivity index (χ0v) is 15.7. The van der Waals surface area contributed by atoms with E-state index in [1.165, 1.54) is 18.2 Å². The van der Waals surface area contributed by atoms with Crippen LogP contribution < -0.4 is 10.2 Å². The quantitative estimate of drug-likeness (QED) is 0.512. The van der Waals surface area contributed by atoms with Gasteiger partial charge in [-0.25, -0.2) is 13.8 Å². The Morgan fingerprint density at radius 3 is 2.72 bits per heavy atom. The number of morpholine rings is 1. The van der Waals surface area contributed by atoms with E-state index in [-0.39, 0.29) is 26.6 Å². The molecule has 0 radical (unpaired) electrons. The minimum Gasteiger partial charge on any atom is -0.378 e. The summed E-state index contributed by atoms with van der Waals surface area (Å²) in [5.74, 6) is -2.21. The number of nitro groups is 1. The van der Waals surface area contributed by atoms with E-state index in [2.05, 4.69) is 10.3 Å². The lowest BCUT2D eigenvalue weighted by molar-refractivity contribution is -0.384. The Bertz CT molecular complexity index is 1110. The first-order valence-electron chi connectivity index (χ1n) is 8.60. The van der Waals surface area contributed by atoms with Gasteiger partial charge >= 0.3 is 0 Å². The van der Waals surface area contributed by atoms with Crippen LogP contribution in [0.15, 0.2) is 30.3 Å². The molecule has 1 fully saturated rings. The predicted octanol–water partition coefficient (Wildman–Crippen LogP) is 3.57. The molecule has 1 aromatic heterocycles. The number of aromatic nitrogens is 1. The Kier molecular flexibility index (Phi) is 5.07. The second-order valence-corrected chi connectivity index (χ2v) is 7.30. The van der Waals surface area contributed by atoms with Gasteiger partial charge < -0.3 is 9.64 Å². The molecule has 150 valence electrons. The minimum atomic E-state index is -0.831. The number of thiazole rings is 1. The monoisotopic (exact) mass is 420 g/mol. The number of benzene rings is 2. The summed E-state index contributed by atoms with van der Waals surface area (Å²) in [6.45, 7) is 1.96. The Labute approximate surface area is 166 Å². The summed E-state index contributed by atoms with van der Waals surface area (Å²) in [6, 6.07) is 6.01. The molecule has 8 nitrogen and oxygen atoms in total. The number of carbonyl (C=O) groups is 1. The second kappa shape index (κ2) is 7.68. The van der Waals surface area contributed by atoms with E-state index in [1.807, 2.05) is 4.90 Å². The third kappa shape index (κ3) is 3.87. The first kappa shape index (κ1) is 19.2. The number of hydrogen-bond donors (Lipinski definition) is 1. The maximum Gasteiger partial charge on any atom is 0.293 e. The number of ether oxygens (including phenoxy) is 1. The van der Waals surface area contributed by atoms with Gasteiger partial charge in [0, 0.05) is 30.8 Å². The number of hydrogen-bond acceptors (Lipinski definition) is 7. The lowest BCUT2D eigenvalue weighted by Gasteiger charge is -2.28. The van der Waals surface area contributed by atoms with Crippen LogP contribution in [0.1, 0.15) is 10.4 Å². The molecular formula is C18H14F2N4O4S. The van der Waals surface area contributed by atoms with Crippen molar-refractivity contribution < 1.29 is 23.2 Å². The zero-order valence-electron chi connectivity index (χ0n) is 14.9. The SMILES string of the molecule is O=C(Nc1nc2c(F)cc(F)cc2s1)c1ccc(N2CCOCC2)c([N+](=O)[O-])c1. The topological polar surface area (TPSA) is 97.6 Å². The average Bonchev–Trinajstić information content (AvgIpc) is 3.10. The van der Waals surface area contributed by atoms with Gasteiger partial charge in [-0.2, -0.15) is 0 Å². The standard InChI is InChI=1S/C18H14F2N4O4S/c19-11-8-12(20)16-15(9-11)29-18(21-16)22-17(25)10-1-2-13(14(7-10)24(26)27)23-3-5-28-6-4-23/h1-2,7-9H,3-6H2,(H,21,22,25). The highest BCUT2D eigenvalue weighted by molar-refractivity contribution is 7.22. The molecule has 1 N–H and O–H groups in total. The molecular weight excluding hydrogens is 406 g/mol. The third-order valence-electron chi connectivity index (χ3n) is 4.42. The molecule has 1 saturated heterocycles. The van der Waals surface area contributed by atoms with E-state index in [1.54, 1.807) is 0 Å². The Hall–Kier alpha value is -3.18. The molecule has 1 aliphatic heterocycles. The molecule has 0 unspecified atom stereocenters. The number of amides is 1. The molecule has 2 heterocycles. The predicted molar refractivity (Wildman–Crippen MR) is 104 cm³/mol. The van der Waals surface area contributed by atoms with E-state index in [4.69, 9.17) is 4.74 Å².